The first-order chi connectivity index (χ1) is 28.9. The van der Waals surface area contributed by atoms with Gasteiger partial charge in [0.2, 0.25) is 23.6 Å². The molecular weight excluding hydrogens is 765 g/mol. The van der Waals surface area contributed by atoms with Crippen LogP contribution in [-0.2, 0) is 38.4 Å². The lowest BCUT2D eigenvalue weighted by molar-refractivity contribution is -0.133. The molecule has 16 nitrogen and oxygen atoms in total. The number of carbonyl (C=O) groups is 6. The number of likely N-dealkylation sites (N-methyl/N-ethyl adjacent to an activating group) is 2. The molecule has 1 fully saturated rings. The molecule has 6 rings (SSSR count). The van der Waals surface area contributed by atoms with Crippen molar-refractivity contribution < 1.29 is 28.8 Å². The Labute approximate surface area is 347 Å². The minimum Gasteiger partial charge on any atom is -0.361 e. The fourth-order valence-electron chi connectivity index (χ4n) is 6.95. The van der Waals surface area contributed by atoms with Crippen LogP contribution in [0.25, 0.3) is 10.9 Å². The molecule has 1 aliphatic heterocycles. The zero-order valence-corrected chi connectivity index (χ0v) is 33.8. The van der Waals surface area contributed by atoms with E-state index in [1.165, 1.54) is 17.3 Å². The highest BCUT2D eigenvalue weighted by atomic mass is 16.2. The molecule has 312 valence electrons. The Kier molecular flexibility index (Phi) is 14.3. The summed E-state index contributed by atoms with van der Waals surface area (Å²) < 4.78 is 0. The lowest BCUT2D eigenvalue weighted by Gasteiger charge is -2.28. The number of nitrogens with one attached hydrogen (secondary N) is 6. The summed E-state index contributed by atoms with van der Waals surface area (Å²) in [6, 6.07) is 21.7. The minimum atomic E-state index is -1.49. The number of H-pyrrole nitrogens is 1. The predicted molar refractivity (Wildman–Crippen MR) is 225 cm³/mol. The molecule has 0 radical (unpaired) electrons. The second kappa shape index (κ2) is 20.2. The van der Waals surface area contributed by atoms with Crippen molar-refractivity contribution in [2.45, 2.75) is 49.9 Å². The monoisotopic (exact) mass is 814 g/mol. The molecule has 4 atom stereocenters. The second-order valence-corrected chi connectivity index (χ2v) is 15.1. The van der Waals surface area contributed by atoms with Crippen molar-refractivity contribution in [2.24, 2.45) is 0 Å². The van der Waals surface area contributed by atoms with Gasteiger partial charge in [0, 0.05) is 69.0 Å². The summed E-state index contributed by atoms with van der Waals surface area (Å²) in [5.74, 6) is -4.03. The normalized spacial score (nSPS) is 19.1. The number of fused-ring (bicyclic) bond motifs is 1. The number of hydrogen-bond donors (Lipinski definition) is 6. The summed E-state index contributed by atoms with van der Waals surface area (Å²) in [7, 11) is 5.31. The van der Waals surface area contributed by atoms with Gasteiger partial charge in [0.25, 0.3) is 11.8 Å². The summed E-state index contributed by atoms with van der Waals surface area (Å²) in [4.78, 5) is 98.8. The molecule has 3 heterocycles. The smallest absolute Gasteiger partial charge is 0.274 e. The van der Waals surface area contributed by atoms with Gasteiger partial charge in [-0.05, 0) is 43.3 Å². The number of nitrogens with zero attached hydrogens (tertiary/aromatic N) is 4. The van der Waals surface area contributed by atoms with Crippen LogP contribution in [0.2, 0.25) is 0 Å². The predicted octanol–water partition coefficient (Wildman–Crippen LogP) is 1.39. The molecule has 1 saturated heterocycles. The van der Waals surface area contributed by atoms with Crippen LogP contribution >= 0.6 is 0 Å². The Balaban J connectivity index is 1.32. The van der Waals surface area contributed by atoms with Crippen molar-refractivity contribution >= 4 is 46.3 Å². The lowest BCUT2D eigenvalue weighted by Crippen LogP contribution is -2.59. The standard InChI is InChI=1S/C44H50N10O6/c1-53(2)20-21-54(3)44(60)39-38(45-18-19-46-39)43(59)52-36-25-37(55)50-35(24-30-26-47-33-17-11-10-16-32(30)33)42(58)51-34(23-29-14-8-5-9-15-29)41(57)49-31(27-48-40(36)56)22-28-12-6-4-7-13-28/h4-19,26,31,34-36,47H,20-25,27H2,1-3H3,(H,48,56)(H,49,57)(H,50,55)(H,51,58)(H,52,59)/t31-,34+,35+,36-/m1/s1. The third kappa shape index (κ3) is 11.4. The first-order valence-corrected chi connectivity index (χ1v) is 19.8. The van der Waals surface area contributed by atoms with Crippen molar-refractivity contribution in [1.82, 2.24) is 51.3 Å². The van der Waals surface area contributed by atoms with Gasteiger partial charge in [0.15, 0.2) is 11.4 Å². The summed E-state index contributed by atoms with van der Waals surface area (Å²) in [5, 5.41) is 15.0. The second-order valence-electron chi connectivity index (χ2n) is 15.1. The quantitative estimate of drug-likeness (QED) is 0.107. The Hall–Kier alpha value is -6.94. The van der Waals surface area contributed by atoms with Gasteiger partial charge >= 0.3 is 0 Å². The summed E-state index contributed by atoms with van der Waals surface area (Å²) in [6.07, 6.45) is 4.22. The number of aromatic amines is 1. The fraction of sp³-hybridized carbons (Fsp3) is 0.318. The molecule has 3 aromatic carbocycles. The molecule has 6 amide bonds. The highest BCUT2D eigenvalue weighted by Crippen LogP contribution is 2.20. The van der Waals surface area contributed by atoms with Gasteiger partial charge in [0.05, 0.1) is 12.5 Å². The van der Waals surface area contributed by atoms with Crippen molar-refractivity contribution in [3.63, 3.8) is 0 Å². The van der Waals surface area contributed by atoms with E-state index in [0.717, 1.165) is 27.6 Å². The van der Waals surface area contributed by atoms with Gasteiger partial charge in [-0.25, -0.2) is 9.97 Å². The van der Waals surface area contributed by atoms with Gasteiger partial charge in [-0.1, -0.05) is 78.9 Å². The van der Waals surface area contributed by atoms with E-state index in [4.69, 9.17) is 0 Å². The topological polar surface area (TPSA) is 211 Å². The average molecular weight is 815 g/mol. The van der Waals surface area contributed by atoms with Crippen LogP contribution < -0.4 is 26.6 Å². The largest absolute Gasteiger partial charge is 0.361 e. The van der Waals surface area contributed by atoms with Crippen LogP contribution in [0.15, 0.2) is 104 Å². The summed E-state index contributed by atoms with van der Waals surface area (Å²) in [5.41, 5.74) is 2.68. The van der Waals surface area contributed by atoms with Gasteiger partial charge in [-0.3, -0.25) is 28.8 Å². The van der Waals surface area contributed by atoms with Crippen molar-refractivity contribution in [3.05, 3.63) is 132 Å². The number of benzene rings is 3. The van der Waals surface area contributed by atoms with E-state index in [1.54, 1.807) is 13.2 Å². The number of rotatable bonds is 12. The third-order valence-corrected chi connectivity index (χ3v) is 10.2. The molecule has 0 bridgehead atoms. The first-order valence-electron chi connectivity index (χ1n) is 19.8. The highest BCUT2D eigenvalue weighted by Gasteiger charge is 2.33. The van der Waals surface area contributed by atoms with Crippen LogP contribution in [0.3, 0.4) is 0 Å². The third-order valence-electron chi connectivity index (χ3n) is 10.2. The van der Waals surface area contributed by atoms with E-state index in [1.807, 2.05) is 104 Å². The molecule has 6 N–H and O–H groups in total. The number of aromatic nitrogens is 3. The van der Waals surface area contributed by atoms with Crippen LogP contribution in [0.4, 0.5) is 0 Å². The van der Waals surface area contributed by atoms with E-state index in [0.29, 0.717) is 19.5 Å². The number of para-hydroxylation sites is 1. The minimum absolute atomic E-state index is 0.0353. The molecule has 0 spiro atoms. The van der Waals surface area contributed by atoms with Gasteiger partial charge in [-0.15, -0.1) is 0 Å². The number of amides is 6. The zero-order chi connectivity index (χ0) is 42.6. The maximum atomic E-state index is 14.3. The van der Waals surface area contributed by atoms with E-state index >= 15 is 0 Å². The zero-order valence-electron chi connectivity index (χ0n) is 33.8. The van der Waals surface area contributed by atoms with Crippen LogP contribution in [0, 0.1) is 0 Å². The first kappa shape index (κ1) is 42.7. The summed E-state index contributed by atoms with van der Waals surface area (Å²) in [6.45, 7) is 0.809. The molecule has 0 saturated carbocycles. The van der Waals surface area contributed by atoms with E-state index in [-0.39, 0.29) is 30.8 Å². The molecule has 5 aromatic rings. The van der Waals surface area contributed by atoms with Gasteiger partial charge in [0.1, 0.15) is 18.1 Å². The maximum absolute atomic E-state index is 14.3. The highest BCUT2D eigenvalue weighted by molar-refractivity contribution is 6.06. The molecule has 1 aliphatic rings. The Morgan fingerprint density at radius 2 is 1.32 bits per heavy atom. The van der Waals surface area contributed by atoms with E-state index in [9.17, 15) is 28.8 Å². The molecule has 16 heteroatoms. The van der Waals surface area contributed by atoms with Crippen LogP contribution in [-0.4, -0.2) is 125 Å². The van der Waals surface area contributed by atoms with Crippen LogP contribution in [0.5, 0.6) is 0 Å². The molecule has 0 aliphatic carbocycles. The summed E-state index contributed by atoms with van der Waals surface area (Å²) >= 11 is 0. The molecule has 60 heavy (non-hydrogen) atoms. The van der Waals surface area contributed by atoms with Gasteiger partial charge in [-0.2, -0.15) is 0 Å². The van der Waals surface area contributed by atoms with Gasteiger partial charge < -0.3 is 41.4 Å². The van der Waals surface area contributed by atoms with Crippen LogP contribution in [0.1, 0.15) is 44.1 Å². The number of hydrogen-bond acceptors (Lipinski definition) is 9. The van der Waals surface area contributed by atoms with E-state index < -0.39 is 66.0 Å². The Morgan fingerprint density at radius 3 is 2.02 bits per heavy atom. The molecular formula is C44H50N10O6. The van der Waals surface area contributed by atoms with Crippen molar-refractivity contribution in [3.8, 4) is 0 Å². The molecule has 2 aromatic heterocycles. The lowest BCUT2D eigenvalue weighted by atomic mass is 10.00. The molecule has 0 unspecified atom stereocenters. The Morgan fingerprint density at radius 1 is 0.700 bits per heavy atom. The van der Waals surface area contributed by atoms with E-state index in [2.05, 4.69) is 41.5 Å². The SMILES string of the molecule is CN(C)CCN(C)C(=O)c1nccnc1C(=O)N[C@@H]1CC(=O)N[C@@H](Cc2c[nH]c3ccccc23)C(=O)N[C@@H](Cc2ccccc2)C(=O)N[C@H](Cc2ccccc2)CNC1=O. The Bertz CT molecular complexity index is 2300. The van der Waals surface area contributed by atoms with Crippen molar-refractivity contribution in [2.75, 3.05) is 40.8 Å². The van der Waals surface area contributed by atoms with Crippen molar-refractivity contribution in [1.29, 1.82) is 0 Å². The number of carbonyl (C=O) groups excluding carboxylic acids is 6. The average Bonchev–Trinajstić information content (AvgIpc) is 3.66. The maximum Gasteiger partial charge on any atom is 0.274 e. The fourth-order valence-corrected chi connectivity index (χ4v) is 6.95.